The number of ether oxygens (including phenoxy) is 1. The molecule has 0 bridgehead atoms. The number of aromatic carboxylic acids is 1. The zero-order valence-corrected chi connectivity index (χ0v) is 12.8. The van der Waals surface area contributed by atoms with Crippen LogP contribution in [0.3, 0.4) is 0 Å². The van der Waals surface area contributed by atoms with Crippen molar-refractivity contribution < 1.29 is 19.4 Å². The molecule has 0 aliphatic heterocycles. The van der Waals surface area contributed by atoms with Crippen molar-refractivity contribution in [3.8, 4) is 11.8 Å². The van der Waals surface area contributed by atoms with E-state index >= 15 is 0 Å². The minimum atomic E-state index is -1.04. The number of para-hydroxylation sites is 2. The number of carbonyl (C=O) groups is 2. The fourth-order valence-electron chi connectivity index (χ4n) is 1.97. The molecule has 1 amide bonds. The number of carbonyl (C=O) groups excluding carboxylic acids is 1. The summed E-state index contributed by atoms with van der Waals surface area (Å²) in [4.78, 5) is 23.1. The van der Waals surface area contributed by atoms with Gasteiger partial charge in [0.1, 0.15) is 17.4 Å². The van der Waals surface area contributed by atoms with Crippen molar-refractivity contribution in [2.45, 2.75) is 0 Å². The molecule has 0 heterocycles. The van der Waals surface area contributed by atoms with Crippen molar-refractivity contribution in [2.24, 2.45) is 0 Å². The fraction of sp³-hybridized carbons (Fsp3) is 0.0556. The van der Waals surface area contributed by atoms with E-state index in [0.717, 1.165) is 0 Å². The first-order chi connectivity index (χ1) is 11.5. The van der Waals surface area contributed by atoms with Gasteiger partial charge in [0.15, 0.2) is 0 Å². The van der Waals surface area contributed by atoms with Gasteiger partial charge in [-0.25, -0.2) is 4.79 Å². The summed E-state index contributed by atoms with van der Waals surface area (Å²) in [5, 5.41) is 20.7. The Balaban J connectivity index is 2.22. The SMILES string of the molecule is COc1ccccc1NC(=O)/C(C#N)=C\c1ccc(C(=O)O)cc1. The van der Waals surface area contributed by atoms with Gasteiger partial charge >= 0.3 is 5.97 Å². The topological polar surface area (TPSA) is 99.4 Å². The Morgan fingerprint density at radius 3 is 2.42 bits per heavy atom. The van der Waals surface area contributed by atoms with Gasteiger partial charge in [-0.15, -0.1) is 0 Å². The zero-order valence-electron chi connectivity index (χ0n) is 12.8. The molecule has 24 heavy (non-hydrogen) atoms. The Bertz CT molecular complexity index is 833. The van der Waals surface area contributed by atoms with Crippen molar-refractivity contribution in [3.05, 3.63) is 65.2 Å². The Morgan fingerprint density at radius 1 is 1.17 bits per heavy atom. The number of anilines is 1. The minimum Gasteiger partial charge on any atom is -0.495 e. The van der Waals surface area contributed by atoms with Crippen molar-refractivity contribution in [2.75, 3.05) is 12.4 Å². The smallest absolute Gasteiger partial charge is 0.335 e. The highest BCUT2D eigenvalue weighted by atomic mass is 16.5. The van der Waals surface area contributed by atoms with Crippen LogP contribution in [-0.2, 0) is 4.79 Å². The maximum absolute atomic E-state index is 12.2. The molecule has 0 saturated carbocycles. The molecule has 0 aliphatic rings. The molecule has 0 unspecified atom stereocenters. The molecule has 2 rings (SSSR count). The van der Waals surface area contributed by atoms with Crippen LogP contribution in [0.4, 0.5) is 5.69 Å². The maximum Gasteiger partial charge on any atom is 0.335 e. The van der Waals surface area contributed by atoms with Gasteiger partial charge in [0.25, 0.3) is 5.91 Å². The summed E-state index contributed by atoms with van der Waals surface area (Å²) in [7, 11) is 1.48. The van der Waals surface area contributed by atoms with Crippen LogP contribution in [0.1, 0.15) is 15.9 Å². The molecule has 0 atom stereocenters. The van der Waals surface area contributed by atoms with E-state index in [1.54, 1.807) is 24.3 Å². The number of hydrogen-bond donors (Lipinski definition) is 2. The molecule has 0 fully saturated rings. The maximum atomic E-state index is 12.2. The summed E-state index contributed by atoms with van der Waals surface area (Å²) < 4.78 is 5.14. The molecule has 0 aromatic heterocycles. The highest BCUT2D eigenvalue weighted by Gasteiger charge is 2.12. The number of rotatable bonds is 5. The van der Waals surface area contributed by atoms with Gasteiger partial charge in [0, 0.05) is 0 Å². The van der Waals surface area contributed by atoms with E-state index in [4.69, 9.17) is 9.84 Å². The molecule has 0 saturated heterocycles. The molecule has 2 aromatic carbocycles. The number of hydrogen-bond acceptors (Lipinski definition) is 4. The Morgan fingerprint density at radius 2 is 1.83 bits per heavy atom. The van der Waals surface area contributed by atoms with Gasteiger partial charge in [-0.05, 0) is 35.9 Å². The van der Waals surface area contributed by atoms with Gasteiger partial charge in [-0.1, -0.05) is 24.3 Å². The van der Waals surface area contributed by atoms with Crippen LogP contribution in [0, 0.1) is 11.3 Å². The van der Waals surface area contributed by atoms with E-state index in [9.17, 15) is 14.9 Å². The highest BCUT2D eigenvalue weighted by Crippen LogP contribution is 2.23. The molecule has 0 spiro atoms. The summed E-state index contributed by atoms with van der Waals surface area (Å²) in [6, 6.07) is 14.5. The van der Waals surface area contributed by atoms with Crippen molar-refractivity contribution in [1.29, 1.82) is 5.26 Å². The Labute approximate surface area is 138 Å². The predicted molar refractivity (Wildman–Crippen MR) is 88.6 cm³/mol. The van der Waals surface area contributed by atoms with E-state index in [-0.39, 0.29) is 11.1 Å². The molecule has 0 aliphatic carbocycles. The first-order valence-electron chi connectivity index (χ1n) is 6.94. The number of amides is 1. The molecular formula is C18H14N2O4. The number of nitrogens with one attached hydrogen (secondary N) is 1. The molecule has 2 N–H and O–H groups in total. The highest BCUT2D eigenvalue weighted by molar-refractivity contribution is 6.10. The average Bonchev–Trinajstić information content (AvgIpc) is 2.60. The second-order valence-corrected chi connectivity index (χ2v) is 4.75. The third-order valence-corrected chi connectivity index (χ3v) is 3.19. The zero-order chi connectivity index (χ0) is 17.5. The second-order valence-electron chi connectivity index (χ2n) is 4.75. The lowest BCUT2D eigenvalue weighted by molar-refractivity contribution is -0.112. The summed E-state index contributed by atoms with van der Waals surface area (Å²) in [6.45, 7) is 0. The van der Waals surface area contributed by atoms with E-state index in [2.05, 4.69) is 5.32 Å². The van der Waals surface area contributed by atoms with Crippen LogP contribution in [0.5, 0.6) is 5.75 Å². The minimum absolute atomic E-state index is 0.107. The van der Waals surface area contributed by atoms with Gasteiger partial charge in [0.05, 0.1) is 18.4 Å². The van der Waals surface area contributed by atoms with Crippen LogP contribution in [0.25, 0.3) is 6.08 Å². The number of nitrogens with zero attached hydrogens (tertiary/aromatic N) is 1. The van der Waals surface area contributed by atoms with Crippen molar-refractivity contribution >= 4 is 23.6 Å². The van der Waals surface area contributed by atoms with Gasteiger partial charge in [-0.2, -0.15) is 5.26 Å². The monoisotopic (exact) mass is 322 g/mol. The number of benzene rings is 2. The average molecular weight is 322 g/mol. The summed E-state index contributed by atoms with van der Waals surface area (Å²) in [5.74, 6) is -1.14. The van der Waals surface area contributed by atoms with Crippen LogP contribution in [0.2, 0.25) is 0 Å². The summed E-state index contributed by atoms with van der Waals surface area (Å²) in [6.07, 6.45) is 1.39. The number of carboxylic acids is 1. The number of nitriles is 1. The number of methoxy groups -OCH3 is 1. The van der Waals surface area contributed by atoms with E-state index < -0.39 is 11.9 Å². The van der Waals surface area contributed by atoms with Crippen LogP contribution in [0.15, 0.2) is 54.1 Å². The largest absolute Gasteiger partial charge is 0.495 e. The normalized spacial score (nSPS) is 10.6. The number of carboxylic acid groups (broad SMARTS) is 1. The van der Waals surface area contributed by atoms with Gasteiger partial charge in [0.2, 0.25) is 0 Å². The molecule has 2 aromatic rings. The predicted octanol–water partition coefficient (Wildman–Crippen LogP) is 2.94. The molecule has 0 radical (unpaired) electrons. The van der Waals surface area contributed by atoms with Crippen LogP contribution >= 0.6 is 0 Å². The van der Waals surface area contributed by atoms with Crippen LogP contribution < -0.4 is 10.1 Å². The Kier molecular flexibility index (Phi) is 5.32. The first kappa shape index (κ1) is 16.8. The fourth-order valence-corrected chi connectivity index (χ4v) is 1.97. The standard InChI is InChI=1S/C18H14N2O4/c1-24-16-5-3-2-4-15(16)20-17(21)14(11-19)10-12-6-8-13(9-7-12)18(22)23/h2-10H,1H3,(H,20,21)(H,22,23)/b14-10-. The third-order valence-electron chi connectivity index (χ3n) is 3.19. The summed E-state index contributed by atoms with van der Waals surface area (Å²) >= 11 is 0. The molecule has 6 nitrogen and oxygen atoms in total. The van der Waals surface area contributed by atoms with Crippen molar-refractivity contribution in [3.63, 3.8) is 0 Å². The third kappa shape index (κ3) is 3.99. The second kappa shape index (κ2) is 7.61. The van der Waals surface area contributed by atoms with E-state index in [1.807, 2.05) is 6.07 Å². The lowest BCUT2D eigenvalue weighted by Gasteiger charge is -2.09. The molecule has 6 heteroatoms. The lowest BCUT2D eigenvalue weighted by atomic mass is 10.1. The Hall–Kier alpha value is -3.59. The van der Waals surface area contributed by atoms with Crippen molar-refractivity contribution in [1.82, 2.24) is 0 Å². The molecular weight excluding hydrogens is 308 g/mol. The van der Waals surface area contributed by atoms with E-state index in [0.29, 0.717) is 17.0 Å². The molecule has 120 valence electrons. The summed E-state index contributed by atoms with van der Waals surface area (Å²) in [5.41, 5.74) is 1.02. The van der Waals surface area contributed by atoms with E-state index in [1.165, 1.54) is 37.5 Å². The van der Waals surface area contributed by atoms with Crippen LogP contribution in [-0.4, -0.2) is 24.1 Å². The quantitative estimate of drug-likeness (QED) is 0.651. The first-order valence-corrected chi connectivity index (χ1v) is 6.94. The van der Waals surface area contributed by atoms with Gasteiger partial charge in [-0.3, -0.25) is 4.79 Å². The lowest BCUT2D eigenvalue weighted by Crippen LogP contribution is -2.14. The van der Waals surface area contributed by atoms with Gasteiger partial charge < -0.3 is 15.2 Å².